The van der Waals surface area contributed by atoms with E-state index in [9.17, 15) is 9.59 Å². The lowest BCUT2D eigenvalue weighted by Crippen LogP contribution is -2.37. The number of carbonyl (C=O) groups is 2. The number of nitrogens with zero attached hydrogens (tertiary/aromatic N) is 1. The molecule has 28 heavy (non-hydrogen) atoms. The Bertz CT molecular complexity index is 855. The van der Waals surface area contributed by atoms with Gasteiger partial charge in [-0.1, -0.05) is 25.1 Å². The van der Waals surface area contributed by atoms with Gasteiger partial charge in [-0.05, 0) is 68.0 Å². The third-order valence-corrected chi connectivity index (χ3v) is 5.30. The smallest absolute Gasteiger partial charge is 0.253 e. The molecule has 2 aromatic rings. The molecule has 2 N–H and O–H groups in total. The molecule has 0 unspecified atom stereocenters. The van der Waals surface area contributed by atoms with Crippen molar-refractivity contribution in [2.45, 2.75) is 33.6 Å². The van der Waals surface area contributed by atoms with Crippen molar-refractivity contribution >= 4 is 23.2 Å². The van der Waals surface area contributed by atoms with Gasteiger partial charge in [0.15, 0.2) is 0 Å². The highest BCUT2D eigenvalue weighted by Crippen LogP contribution is 2.20. The molecular formula is C23H29N3O2. The lowest BCUT2D eigenvalue weighted by atomic mass is 9.98. The Kier molecular flexibility index (Phi) is 6.34. The first-order chi connectivity index (χ1) is 13.4. The summed E-state index contributed by atoms with van der Waals surface area (Å²) in [6.07, 6.45) is 2.10. The van der Waals surface area contributed by atoms with Crippen molar-refractivity contribution in [3.8, 4) is 0 Å². The number of anilines is 2. The molecule has 0 bridgehead atoms. The van der Waals surface area contributed by atoms with Crippen LogP contribution in [0.15, 0.2) is 42.5 Å². The molecule has 0 atom stereocenters. The molecule has 1 fully saturated rings. The summed E-state index contributed by atoms with van der Waals surface area (Å²) >= 11 is 0. The molecule has 2 aromatic carbocycles. The van der Waals surface area contributed by atoms with Crippen LogP contribution in [0.25, 0.3) is 0 Å². The van der Waals surface area contributed by atoms with E-state index in [4.69, 9.17) is 0 Å². The molecule has 0 saturated carbocycles. The number of likely N-dealkylation sites (tertiary alicyclic amines) is 1. The van der Waals surface area contributed by atoms with E-state index < -0.39 is 0 Å². The van der Waals surface area contributed by atoms with Crippen LogP contribution in [0.3, 0.4) is 0 Å². The van der Waals surface area contributed by atoms with E-state index in [0.717, 1.165) is 42.7 Å². The highest BCUT2D eigenvalue weighted by atomic mass is 16.2. The molecule has 148 valence electrons. The molecule has 5 nitrogen and oxygen atoms in total. The van der Waals surface area contributed by atoms with Crippen molar-refractivity contribution in [2.75, 3.05) is 30.3 Å². The summed E-state index contributed by atoms with van der Waals surface area (Å²) in [5.74, 6) is 0.577. The fourth-order valence-corrected chi connectivity index (χ4v) is 3.43. The van der Waals surface area contributed by atoms with Crippen molar-refractivity contribution in [3.05, 3.63) is 59.2 Å². The standard InChI is InChI=1S/C23H29N3O2/c1-16-9-11-26(12-10-16)23(28)19-5-4-6-20(14-19)25-22(27)15-24-21-13-17(2)7-8-18(21)3/h4-8,13-14,16,24H,9-12,15H2,1-3H3,(H,25,27). The van der Waals surface area contributed by atoms with Gasteiger partial charge in [0.05, 0.1) is 6.54 Å². The summed E-state index contributed by atoms with van der Waals surface area (Å²) in [6.45, 7) is 8.04. The summed E-state index contributed by atoms with van der Waals surface area (Å²) in [4.78, 5) is 27.0. The van der Waals surface area contributed by atoms with Crippen molar-refractivity contribution in [1.29, 1.82) is 0 Å². The van der Waals surface area contributed by atoms with Gasteiger partial charge < -0.3 is 15.5 Å². The maximum Gasteiger partial charge on any atom is 0.253 e. The van der Waals surface area contributed by atoms with E-state index in [1.54, 1.807) is 6.07 Å². The number of benzene rings is 2. The average molecular weight is 380 g/mol. The second kappa shape index (κ2) is 8.91. The predicted octanol–water partition coefficient (Wildman–Crippen LogP) is 4.23. The number of rotatable bonds is 5. The zero-order valence-electron chi connectivity index (χ0n) is 16.9. The number of piperidine rings is 1. The van der Waals surface area contributed by atoms with Crippen LogP contribution in [0.5, 0.6) is 0 Å². The second-order valence-electron chi connectivity index (χ2n) is 7.78. The molecule has 0 aliphatic carbocycles. The van der Waals surface area contributed by atoms with Crippen molar-refractivity contribution in [3.63, 3.8) is 0 Å². The van der Waals surface area contributed by atoms with Gasteiger partial charge in [-0.3, -0.25) is 9.59 Å². The van der Waals surface area contributed by atoms with Crippen molar-refractivity contribution in [2.24, 2.45) is 5.92 Å². The third kappa shape index (κ3) is 5.12. The van der Waals surface area contributed by atoms with Crippen LogP contribution >= 0.6 is 0 Å². The predicted molar refractivity (Wildman–Crippen MR) is 114 cm³/mol. The maximum atomic E-state index is 12.7. The molecule has 1 saturated heterocycles. The molecule has 2 amide bonds. The number of nitrogens with one attached hydrogen (secondary N) is 2. The summed E-state index contributed by atoms with van der Waals surface area (Å²) in [5, 5.41) is 6.06. The van der Waals surface area contributed by atoms with Crippen LogP contribution in [-0.4, -0.2) is 36.3 Å². The summed E-state index contributed by atoms with van der Waals surface area (Å²) in [6, 6.07) is 13.3. The first kappa shape index (κ1) is 19.9. The lowest BCUT2D eigenvalue weighted by molar-refractivity contribution is -0.114. The molecular weight excluding hydrogens is 350 g/mol. The Balaban J connectivity index is 1.58. The van der Waals surface area contributed by atoms with Crippen molar-refractivity contribution in [1.82, 2.24) is 4.90 Å². The van der Waals surface area contributed by atoms with Crippen LogP contribution in [0.1, 0.15) is 41.3 Å². The lowest BCUT2D eigenvalue weighted by Gasteiger charge is -2.30. The van der Waals surface area contributed by atoms with Crippen LogP contribution in [0.2, 0.25) is 0 Å². The number of carbonyl (C=O) groups excluding carboxylic acids is 2. The van der Waals surface area contributed by atoms with Gasteiger partial charge in [0.2, 0.25) is 5.91 Å². The highest BCUT2D eigenvalue weighted by Gasteiger charge is 2.21. The minimum atomic E-state index is -0.141. The SMILES string of the molecule is Cc1ccc(C)c(NCC(=O)Nc2cccc(C(=O)N3CCC(C)CC3)c2)c1. The zero-order valence-corrected chi connectivity index (χ0v) is 16.9. The Morgan fingerprint density at radius 2 is 1.82 bits per heavy atom. The molecule has 0 spiro atoms. The van der Waals surface area contributed by atoms with E-state index >= 15 is 0 Å². The zero-order chi connectivity index (χ0) is 20.1. The van der Waals surface area contributed by atoms with Gasteiger partial charge in [-0.25, -0.2) is 0 Å². The normalized spacial score (nSPS) is 14.6. The van der Waals surface area contributed by atoms with E-state index in [-0.39, 0.29) is 18.4 Å². The Morgan fingerprint density at radius 3 is 2.57 bits per heavy atom. The van der Waals surface area contributed by atoms with Gasteiger partial charge in [-0.2, -0.15) is 0 Å². The fraction of sp³-hybridized carbons (Fsp3) is 0.391. The van der Waals surface area contributed by atoms with Crippen LogP contribution in [0, 0.1) is 19.8 Å². The minimum absolute atomic E-state index is 0.0384. The van der Waals surface area contributed by atoms with Gasteiger partial charge in [0.1, 0.15) is 0 Å². The Hall–Kier alpha value is -2.82. The van der Waals surface area contributed by atoms with Crippen LogP contribution < -0.4 is 10.6 Å². The third-order valence-electron chi connectivity index (χ3n) is 5.30. The number of hydrogen-bond acceptors (Lipinski definition) is 3. The average Bonchev–Trinajstić information content (AvgIpc) is 2.69. The topological polar surface area (TPSA) is 61.4 Å². The summed E-state index contributed by atoms with van der Waals surface area (Å²) < 4.78 is 0. The largest absolute Gasteiger partial charge is 0.376 e. The van der Waals surface area contributed by atoms with Gasteiger partial charge in [0, 0.05) is 30.0 Å². The van der Waals surface area contributed by atoms with E-state index in [1.165, 1.54) is 0 Å². The van der Waals surface area contributed by atoms with E-state index in [1.807, 2.05) is 55.1 Å². The molecule has 0 aromatic heterocycles. The van der Waals surface area contributed by atoms with Gasteiger partial charge in [0.25, 0.3) is 5.91 Å². The number of amides is 2. The van der Waals surface area contributed by atoms with Crippen molar-refractivity contribution < 1.29 is 9.59 Å². The second-order valence-corrected chi connectivity index (χ2v) is 7.78. The number of hydrogen-bond donors (Lipinski definition) is 2. The molecule has 3 rings (SSSR count). The molecule has 1 aliphatic rings. The molecule has 1 heterocycles. The van der Waals surface area contributed by atoms with Gasteiger partial charge >= 0.3 is 0 Å². The molecule has 1 aliphatic heterocycles. The summed E-state index contributed by atoms with van der Waals surface area (Å²) in [7, 11) is 0. The maximum absolute atomic E-state index is 12.7. The van der Waals surface area contributed by atoms with E-state index in [0.29, 0.717) is 17.2 Å². The first-order valence-corrected chi connectivity index (χ1v) is 9.92. The first-order valence-electron chi connectivity index (χ1n) is 9.92. The summed E-state index contributed by atoms with van der Waals surface area (Å²) in [5.41, 5.74) is 4.46. The van der Waals surface area contributed by atoms with Gasteiger partial charge in [-0.15, -0.1) is 0 Å². The van der Waals surface area contributed by atoms with E-state index in [2.05, 4.69) is 17.6 Å². The minimum Gasteiger partial charge on any atom is -0.376 e. The molecule has 5 heteroatoms. The highest BCUT2D eigenvalue weighted by molar-refractivity contribution is 5.98. The number of aryl methyl sites for hydroxylation is 2. The Labute approximate surface area is 167 Å². The Morgan fingerprint density at radius 1 is 1.07 bits per heavy atom. The quantitative estimate of drug-likeness (QED) is 0.817. The fourth-order valence-electron chi connectivity index (χ4n) is 3.43. The van der Waals surface area contributed by atoms with Crippen LogP contribution in [-0.2, 0) is 4.79 Å². The monoisotopic (exact) mass is 379 g/mol. The molecule has 0 radical (unpaired) electrons. The van der Waals surface area contributed by atoms with Crippen LogP contribution in [0.4, 0.5) is 11.4 Å².